The van der Waals surface area contributed by atoms with Crippen LogP contribution in [0.2, 0.25) is 0 Å². The quantitative estimate of drug-likeness (QED) is 0.793. The maximum atomic E-state index is 12.7. The summed E-state index contributed by atoms with van der Waals surface area (Å²) in [6, 6.07) is 4.76. The zero-order valence-electron chi connectivity index (χ0n) is 13.8. The van der Waals surface area contributed by atoms with E-state index < -0.39 is 23.0 Å². The van der Waals surface area contributed by atoms with E-state index in [1.807, 2.05) is 0 Å². The van der Waals surface area contributed by atoms with Gasteiger partial charge < -0.3 is 19.6 Å². The van der Waals surface area contributed by atoms with Gasteiger partial charge in [-0.1, -0.05) is 0 Å². The molecule has 0 aliphatic carbocycles. The van der Waals surface area contributed by atoms with Crippen LogP contribution in [0.15, 0.2) is 27.8 Å². The third-order valence-electron chi connectivity index (χ3n) is 4.60. The van der Waals surface area contributed by atoms with Gasteiger partial charge >= 0.3 is 17.1 Å². The number of piperidine rings is 1. The van der Waals surface area contributed by atoms with Gasteiger partial charge in [-0.05, 0) is 38.0 Å². The molecule has 1 fully saturated rings. The lowest BCUT2D eigenvalue weighted by Crippen LogP contribution is -2.42. The van der Waals surface area contributed by atoms with Gasteiger partial charge in [0, 0.05) is 25.2 Å². The molecule has 25 heavy (non-hydrogen) atoms. The fourth-order valence-corrected chi connectivity index (χ4v) is 3.27. The van der Waals surface area contributed by atoms with Crippen molar-refractivity contribution in [2.45, 2.75) is 26.3 Å². The van der Waals surface area contributed by atoms with Gasteiger partial charge in [-0.2, -0.15) is 0 Å². The molecule has 0 radical (unpaired) electrons. The lowest BCUT2D eigenvalue weighted by atomic mass is 9.97. The molecule has 8 nitrogen and oxygen atoms in total. The zero-order valence-corrected chi connectivity index (χ0v) is 13.8. The number of benzene rings is 1. The molecule has 1 atom stereocenters. The number of likely N-dealkylation sites (tertiary alicyclic amines) is 1. The van der Waals surface area contributed by atoms with Crippen molar-refractivity contribution in [3.05, 3.63) is 44.5 Å². The van der Waals surface area contributed by atoms with Gasteiger partial charge in [0.1, 0.15) is 0 Å². The minimum absolute atomic E-state index is 0.178. The standard InChI is InChI=1S/C17H19N3O5/c1-2-20-13-6-5-10(8-12(13)18-14(21)16(20)23)15(22)19-7-3-4-11(9-19)17(24)25/h5-6,8,11H,2-4,7,9H2,1H3,(H,18,21)(H,24,25). The Hall–Kier alpha value is -2.90. The first-order chi connectivity index (χ1) is 11.9. The van der Waals surface area contributed by atoms with Gasteiger partial charge in [-0.25, -0.2) is 0 Å². The number of aryl methyl sites for hydroxylation is 1. The second kappa shape index (κ2) is 6.54. The number of rotatable bonds is 3. The number of carboxylic acids is 1. The molecule has 0 saturated carbocycles. The largest absolute Gasteiger partial charge is 0.481 e. The van der Waals surface area contributed by atoms with Crippen molar-refractivity contribution in [3.8, 4) is 0 Å². The van der Waals surface area contributed by atoms with E-state index in [9.17, 15) is 19.2 Å². The lowest BCUT2D eigenvalue weighted by molar-refractivity contribution is -0.143. The minimum Gasteiger partial charge on any atom is -0.481 e. The number of nitrogens with zero attached hydrogens (tertiary/aromatic N) is 2. The molecule has 132 valence electrons. The fourth-order valence-electron chi connectivity index (χ4n) is 3.27. The summed E-state index contributed by atoms with van der Waals surface area (Å²) in [5.41, 5.74) is -0.0532. The topological polar surface area (TPSA) is 112 Å². The predicted octanol–water partition coefficient (Wildman–Crippen LogP) is 0.647. The van der Waals surface area contributed by atoms with Crippen LogP contribution >= 0.6 is 0 Å². The van der Waals surface area contributed by atoms with Crippen molar-refractivity contribution in [2.75, 3.05) is 13.1 Å². The first kappa shape index (κ1) is 16.9. The summed E-state index contributed by atoms with van der Waals surface area (Å²) in [6.45, 7) is 2.79. The Bertz CT molecular complexity index is 959. The van der Waals surface area contributed by atoms with E-state index in [2.05, 4.69) is 4.98 Å². The fraction of sp³-hybridized carbons (Fsp3) is 0.412. The van der Waals surface area contributed by atoms with Crippen LogP contribution in [0, 0.1) is 5.92 Å². The number of aromatic nitrogens is 2. The second-order valence-corrected chi connectivity index (χ2v) is 6.16. The van der Waals surface area contributed by atoms with Crippen LogP contribution < -0.4 is 11.1 Å². The van der Waals surface area contributed by atoms with E-state index in [0.717, 1.165) is 0 Å². The molecule has 1 aromatic heterocycles. The van der Waals surface area contributed by atoms with Crippen molar-refractivity contribution >= 4 is 22.9 Å². The molecular formula is C17H19N3O5. The average molecular weight is 345 g/mol. The Kier molecular flexibility index (Phi) is 4.43. The van der Waals surface area contributed by atoms with Crippen molar-refractivity contribution in [3.63, 3.8) is 0 Å². The maximum absolute atomic E-state index is 12.7. The summed E-state index contributed by atoms with van der Waals surface area (Å²) in [6.07, 6.45) is 1.20. The number of hydrogen-bond acceptors (Lipinski definition) is 4. The number of amides is 1. The molecule has 1 aliphatic rings. The molecule has 1 aliphatic heterocycles. The van der Waals surface area contributed by atoms with Crippen molar-refractivity contribution in [1.29, 1.82) is 0 Å². The van der Waals surface area contributed by atoms with Crippen molar-refractivity contribution in [1.82, 2.24) is 14.5 Å². The number of carbonyl (C=O) groups is 2. The Morgan fingerprint density at radius 3 is 2.76 bits per heavy atom. The number of hydrogen-bond donors (Lipinski definition) is 2. The van der Waals surface area contributed by atoms with Crippen LogP contribution in [0.3, 0.4) is 0 Å². The number of aliphatic carboxylic acids is 1. The Balaban J connectivity index is 1.98. The Morgan fingerprint density at radius 1 is 1.32 bits per heavy atom. The zero-order chi connectivity index (χ0) is 18.1. The van der Waals surface area contributed by atoms with E-state index in [4.69, 9.17) is 5.11 Å². The normalized spacial score (nSPS) is 17.6. The summed E-state index contributed by atoms with van der Waals surface area (Å²) in [4.78, 5) is 51.5. The number of fused-ring (bicyclic) bond motifs is 1. The third kappa shape index (κ3) is 3.07. The Morgan fingerprint density at radius 2 is 2.08 bits per heavy atom. The molecule has 2 N–H and O–H groups in total. The van der Waals surface area contributed by atoms with Crippen LogP contribution in [0.5, 0.6) is 0 Å². The van der Waals surface area contributed by atoms with Gasteiger partial charge in [-0.3, -0.25) is 19.2 Å². The van der Waals surface area contributed by atoms with E-state index in [-0.39, 0.29) is 12.5 Å². The highest BCUT2D eigenvalue weighted by Crippen LogP contribution is 2.20. The second-order valence-electron chi connectivity index (χ2n) is 6.16. The van der Waals surface area contributed by atoms with Crippen molar-refractivity contribution < 1.29 is 14.7 Å². The number of carboxylic acid groups (broad SMARTS) is 1. The highest BCUT2D eigenvalue weighted by molar-refractivity contribution is 5.97. The SMILES string of the molecule is CCn1c(=O)c(=O)[nH]c2cc(C(=O)N3CCCC(C(=O)O)C3)ccc21. The number of aromatic amines is 1. The van der Waals surface area contributed by atoms with Gasteiger partial charge in [0.2, 0.25) is 0 Å². The molecule has 2 aromatic rings. The highest BCUT2D eigenvalue weighted by atomic mass is 16.4. The van der Waals surface area contributed by atoms with Gasteiger partial charge in [0.15, 0.2) is 0 Å². The van der Waals surface area contributed by atoms with Crippen molar-refractivity contribution in [2.24, 2.45) is 5.92 Å². The number of nitrogens with one attached hydrogen (secondary N) is 1. The van der Waals surface area contributed by atoms with Crippen LogP contribution in [-0.2, 0) is 11.3 Å². The first-order valence-corrected chi connectivity index (χ1v) is 8.21. The van der Waals surface area contributed by atoms with E-state index in [0.29, 0.717) is 42.5 Å². The molecule has 0 spiro atoms. The Labute approximate surface area is 142 Å². The molecule has 1 saturated heterocycles. The van der Waals surface area contributed by atoms with Gasteiger partial charge in [0.05, 0.1) is 17.0 Å². The van der Waals surface area contributed by atoms with Gasteiger partial charge in [-0.15, -0.1) is 0 Å². The van der Waals surface area contributed by atoms with Crippen LogP contribution in [-0.4, -0.2) is 44.5 Å². The molecule has 2 heterocycles. The molecule has 3 rings (SSSR count). The summed E-state index contributed by atoms with van der Waals surface area (Å²) in [5, 5.41) is 9.15. The minimum atomic E-state index is -0.896. The van der Waals surface area contributed by atoms with E-state index in [1.165, 1.54) is 15.5 Å². The summed E-state index contributed by atoms with van der Waals surface area (Å²) >= 11 is 0. The maximum Gasteiger partial charge on any atom is 0.316 e. The number of carbonyl (C=O) groups excluding carboxylic acids is 1. The molecule has 1 aromatic carbocycles. The predicted molar refractivity (Wildman–Crippen MR) is 90.8 cm³/mol. The molecule has 8 heteroatoms. The lowest BCUT2D eigenvalue weighted by Gasteiger charge is -2.30. The smallest absolute Gasteiger partial charge is 0.316 e. The average Bonchev–Trinajstić information content (AvgIpc) is 2.62. The molecule has 0 bridgehead atoms. The molecule has 1 amide bonds. The summed E-state index contributed by atoms with van der Waals surface area (Å²) < 4.78 is 1.35. The van der Waals surface area contributed by atoms with Gasteiger partial charge in [0.25, 0.3) is 5.91 Å². The third-order valence-corrected chi connectivity index (χ3v) is 4.60. The first-order valence-electron chi connectivity index (χ1n) is 8.21. The highest BCUT2D eigenvalue weighted by Gasteiger charge is 2.28. The summed E-state index contributed by atoms with van der Waals surface area (Å²) in [7, 11) is 0. The van der Waals surface area contributed by atoms with E-state index in [1.54, 1.807) is 19.1 Å². The van der Waals surface area contributed by atoms with E-state index >= 15 is 0 Å². The number of H-pyrrole nitrogens is 1. The molecular weight excluding hydrogens is 326 g/mol. The van der Waals surface area contributed by atoms with Crippen LogP contribution in [0.4, 0.5) is 0 Å². The summed E-state index contributed by atoms with van der Waals surface area (Å²) in [5.74, 6) is -1.72. The monoisotopic (exact) mass is 345 g/mol. The van der Waals surface area contributed by atoms with Crippen LogP contribution in [0.1, 0.15) is 30.1 Å². The van der Waals surface area contributed by atoms with Crippen LogP contribution in [0.25, 0.3) is 11.0 Å². The molecule has 1 unspecified atom stereocenters.